The zero-order chi connectivity index (χ0) is 19.7. The number of carbonyl (C=O) groups excluding carboxylic acids is 2. The Hall–Kier alpha value is -3.39. The van der Waals surface area contributed by atoms with Gasteiger partial charge in [0.2, 0.25) is 5.78 Å². The third-order valence-corrected chi connectivity index (χ3v) is 5.38. The second-order valence-corrected chi connectivity index (χ2v) is 7.17. The molecule has 1 N–H and O–H groups in total. The highest BCUT2D eigenvalue weighted by atomic mass is 32.1. The Morgan fingerprint density at radius 3 is 2.64 bits per heavy atom. The van der Waals surface area contributed by atoms with Gasteiger partial charge >= 0.3 is 5.97 Å². The molecule has 8 heteroatoms. The molecule has 0 spiro atoms. The summed E-state index contributed by atoms with van der Waals surface area (Å²) in [4.78, 5) is 41.3. The molecular weight excluding hydrogens is 376 g/mol. The minimum absolute atomic E-state index is 0.253. The Morgan fingerprint density at radius 2 is 1.86 bits per heavy atom. The summed E-state index contributed by atoms with van der Waals surface area (Å²) in [5.74, 6) is -0.389. The number of ether oxygens (including phenoxy) is 1. The molecule has 28 heavy (non-hydrogen) atoms. The minimum atomic E-state index is -0.581. The lowest BCUT2D eigenvalue weighted by molar-refractivity contribution is 0.0479. The smallest absolute Gasteiger partial charge is 0.350 e. The number of aromatic nitrogens is 4. The van der Waals surface area contributed by atoms with Crippen LogP contribution in [-0.2, 0) is 4.74 Å². The molecule has 0 fully saturated rings. The summed E-state index contributed by atoms with van der Waals surface area (Å²) in [6.07, 6.45) is 3.22. The van der Waals surface area contributed by atoms with E-state index < -0.39 is 5.97 Å². The van der Waals surface area contributed by atoms with Crippen molar-refractivity contribution < 1.29 is 14.3 Å². The van der Waals surface area contributed by atoms with E-state index in [9.17, 15) is 9.59 Å². The summed E-state index contributed by atoms with van der Waals surface area (Å²) in [6, 6.07) is 9.24. The maximum Gasteiger partial charge on any atom is 0.350 e. The molecule has 0 amide bonds. The number of nitrogens with zero attached hydrogens (tertiary/aromatic N) is 3. The molecule has 4 aromatic rings. The van der Waals surface area contributed by atoms with Gasteiger partial charge in [0.1, 0.15) is 4.88 Å². The van der Waals surface area contributed by atoms with Gasteiger partial charge < -0.3 is 9.72 Å². The Balaban J connectivity index is 1.51. The SMILES string of the molecule is Cc1nc(-c2ncccn2)sc1C(=O)OCC(=O)c1c(C)[nH]c2ccccc12. The number of carbonyl (C=O) groups is 2. The summed E-state index contributed by atoms with van der Waals surface area (Å²) < 4.78 is 5.27. The quantitative estimate of drug-likeness (QED) is 0.410. The fourth-order valence-electron chi connectivity index (χ4n) is 3.00. The molecule has 0 saturated heterocycles. The van der Waals surface area contributed by atoms with Crippen molar-refractivity contribution in [3.8, 4) is 10.8 Å². The summed E-state index contributed by atoms with van der Waals surface area (Å²) in [5.41, 5.74) is 2.69. The number of fused-ring (bicyclic) bond motifs is 1. The van der Waals surface area contributed by atoms with E-state index in [4.69, 9.17) is 4.74 Å². The van der Waals surface area contributed by atoms with E-state index in [1.54, 1.807) is 25.4 Å². The van der Waals surface area contributed by atoms with Crippen LogP contribution in [0.3, 0.4) is 0 Å². The Morgan fingerprint density at radius 1 is 1.11 bits per heavy atom. The standard InChI is InChI=1S/C20H16N4O3S/c1-11-16(13-6-3-4-7-14(13)23-11)15(25)10-27-20(26)17-12(2)24-19(28-17)18-21-8-5-9-22-18/h3-9,23H,10H2,1-2H3. The van der Waals surface area contributed by atoms with E-state index in [0.29, 0.717) is 27.0 Å². The molecule has 4 rings (SSSR count). The Kier molecular flexibility index (Phi) is 4.70. The highest BCUT2D eigenvalue weighted by molar-refractivity contribution is 7.16. The molecule has 1 aromatic carbocycles. The first kappa shape index (κ1) is 18.0. The van der Waals surface area contributed by atoms with Crippen LogP contribution in [0.4, 0.5) is 0 Å². The number of benzene rings is 1. The van der Waals surface area contributed by atoms with Gasteiger partial charge in [0.15, 0.2) is 17.4 Å². The van der Waals surface area contributed by atoms with Crippen LogP contribution >= 0.6 is 11.3 Å². The van der Waals surface area contributed by atoms with Crippen LogP contribution in [0, 0.1) is 13.8 Å². The van der Waals surface area contributed by atoms with Crippen molar-refractivity contribution in [2.45, 2.75) is 13.8 Å². The van der Waals surface area contributed by atoms with Crippen molar-refractivity contribution in [2.75, 3.05) is 6.61 Å². The second-order valence-electron chi connectivity index (χ2n) is 6.18. The molecule has 0 atom stereocenters. The molecule has 0 bridgehead atoms. The van der Waals surface area contributed by atoms with Gasteiger partial charge in [-0.05, 0) is 26.0 Å². The zero-order valence-electron chi connectivity index (χ0n) is 15.2. The number of hydrogen-bond acceptors (Lipinski definition) is 7. The van der Waals surface area contributed by atoms with E-state index in [1.165, 1.54) is 0 Å². The van der Waals surface area contributed by atoms with Crippen molar-refractivity contribution in [1.82, 2.24) is 19.9 Å². The third-order valence-electron chi connectivity index (χ3n) is 4.25. The fourth-order valence-corrected chi connectivity index (χ4v) is 3.90. The number of thiazole rings is 1. The van der Waals surface area contributed by atoms with Crippen LogP contribution in [0.5, 0.6) is 0 Å². The van der Waals surface area contributed by atoms with Crippen LogP contribution in [0.25, 0.3) is 21.7 Å². The summed E-state index contributed by atoms with van der Waals surface area (Å²) in [6.45, 7) is 3.20. The number of esters is 1. The molecular formula is C20H16N4O3S. The average Bonchev–Trinajstić information content (AvgIpc) is 3.26. The van der Waals surface area contributed by atoms with E-state index in [-0.39, 0.29) is 12.4 Å². The highest BCUT2D eigenvalue weighted by Crippen LogP contribution is 2.26. The van der Waals surface area contributed by atoms with Crippen LogP contribution < -0.4 is 0 Å². The number of rotatable bonds is 5. The number of H-pyrrole nitrogens is 1. The molecule has 140 valence electrons. The first-order valence-electron chi connectivity index (χ1n) is 8.57. The van der Waals surface area contributed by atoms with E-state index in [2.05, 4.69) is 19.9 Å². The maximum atomic E-state index is 12.7. The summed E-state index contributed by atoms with van der Waals surface area (Å²) in [5, 5.41) is 1.35. The number of hydrogen-bond donors (Lipinski definition) is 1. The monoisotopic (exact) mass is 392 g/mol. The van der Waals surface area contributed by atoms with E-state index in [1.807, 2.05) is 31.2 Å². The van der Waals surface area contributed by atoms with Gasteiger partial charge in [-0.1, -0.05) is 18.2 Å². The van der Waals surface area contributed by atoms with Gasteiger partial charge in [0.05, 0.1) is 5.69 Å². The molecule has 0 unspecified atom stereocenters. The average molecular weight is 392 g/mol. The van der Waals surface area contributed by atoms with Gasteiger partial charge in [-0.3, -0.25) is 4.79 Å². The van der Waals surface area contributed by atoms with Gasteiger partial charge in [0, 0.05) is 34.6 Å². The fraction of sp³-hybridized carbons (Fsp3) is 0.150. The third kappa shape index (κ3) is 3.29. The van der Waals surface area contributed by atoms with Crippen LogP contribution in [-0.4, -0.2) is 38.3 Å². The molecule has 0 aliphatic rings. The summed E-state index contributed by atoms with van der Waals surface area (Å²) >= 11 is 1.15. The number of aryl methyl sites for hydroxylation is 2. The minimum Gasteiger partial charge on any atom is -0.453 e. The second kappa shape index (κ2) is 7.32. The van der Waals surface area contributed by atoms with Crippen molar-refractivity contribution in [1.29, 1.82) is 0 Å². The number of aromatic amines is 1. The number of nitrogens with one attached hydrogen (secondary N) is 1. The van der Waals surface area contributed by atoms with Crippen molar-refractivity contribution >= 4 is 34.0 Å². The predicted molar refractivity (Wildman–Crippen MR) is 106 cm³/mol. The van der Waals surface area contributed by atoms with E-state index in [0.717, 1.165) is 27.9 Å². The molecule has 7 nitrogen and oxygen atoms in total. The molecule has 0 aliphatic heterocycles. The molecule has 0 aliphatic carbocycles. The Labute approximate surface area is 164 Å². The number of para-hydroxylation sites is 1. The lowest BCUT2D eigenvalue weighted by Crippen LogP contribution is -2.14. The molecule has 3 aromatic heterocycles. The zero-order valence-corrected chi connectivity index (χ0v) is 16.0. The van der Waals surface area contributed by atoms with E-state index >= 15 is 0 Å². The van der Waals surface area contributed by atoms with Crippen LogP contribution in [0.15, 0.2) is 42.7 Å². The lowest BCUT2D eigenvalue weighted by atomic mass is 10.1. The van der Waals surface area contributed by atoms with Gasteiger partial charge in [-0.25, -0.2) is 19.7 Å². The van der Waals surface area contributed by atoms with Crippen molar-refractivity contribution in [2.24, 2.45) is 0 Å². The first-order chi connectivity index (χ1) is 13.5. The van der Waals surface area contributed by atoms with Gasteiger partial charge in [-0.15, -0.1) is 11.3 Å². The molecule has 0 saturated carbocycles. The Bertz CT molecular complexity index is 1180. The van der Waals surface area contributed by atoms with Crippen LogP contribution in [0.1, 0.15) is 31.4 Å². The van der Waals surface area contributed by atoms with Crippen molar-refractivity contribution in [3.63, 3.8) is 0 Å². The molecule has 0 radical (unpaired) electrons. The maximum absolute atomic E-state index is 12.7. The van der Waals surface area contributed by atoms with Crippen LogP contribution in [0.2, 0.25) is 0 Å². The predicted octanol–water partition coefficient (Wildman–Crippen LogP) is 3.74. The van der Waals surface area contributed by atoms with Gasteiger partial charge in [0.25, 0.3) is 0 Å². The number of ketones is 1. The summed E-state index contributed by atoms with van der Waals surface area (Å²) in [7, 11) is 0. The molecule has 3 heterocycles. The lowest BCUT2D eigenvalue weighted by Gasteiger charge is -2.04. The number of Topliss-reactive ketones (excluding diaryl/α,β-unsaturated/α-hetero) is 1. The van der Waals surface area contributed by atoms with Crippen molar-refractivity contribution in [3.05, 3.63) is 64.6 Å². The normalized spacial score (nSPS) is 10.9. The topological polar surface area (TPSA) is 97.8 Å². The van der Waals surface area contributed by atoms with Gasteiger partial charge in [-0.2, -0.15) is 0 Å². The largest absolute Gasteiger partial charge is 0.453 e. The first-order valence-corrected chi connectivity index (χ1v) is 9.38. The highest BCUT2D eigenvalue weighted by Gasteiger charge is 2.21.